The van der Waals surface area contributed by atoms with E-state index in [-0.39, 0.29) is 57.9 Å². The molecule has 9 heteroatoms. The van der Waals surface area contributed by atoms with Gasteiger partial charge < -0.3 is 25.2 Å². The van der Waals surface area contributed by atoms with Gasteiger partial charge in [0.25, 0.3) is 5.91 Å². The van der Waals surface area contributed by atoms with Gasteiger partial charge in [-0.15, -0.1) is 0 Å². The fourth-order valence-corrected chi connectivity index (χ4v) is 5.91. The van der Waals surface area contributed by atoms with E-state index < -0.39 is 11.4 Å². The van der Waals surface area contributed by atoms with Gasteiger partial charge in [-0.05, 0) is 69.8 Å². The summed E-state index contributed by atoms with van der Waals surface area (Å²) in [7, 11) is 1.44. The first-order valence-electron chi connectivity index (χ1n) is 13.7. The number of amides is 2. The topological polar surface area (TPSA) is 138 Å². The zero-order valence-corrected chi connectivity index (χ0v) is 22.6. The van der Waals surface area contributed by atoms with Crippen molar-refractivity contribution >= 4 is 17.8 Å². The maximum Gasteiger partial charge on any atom is 0.309 e. The quantitative estimate of drug-likeness (QED) is 0.440. The molecule has 0 aromatic heterocycles. The fourth-order valence-electron chi connectivity index (χ4n) is 5.91. The van der Waals surface area contributed by atoms with E-state index in [1.54, 1.807) is 6.92 Å². The molecule has 9 nitrogen and oxygen atoms in total. The Morgan fingerprint density at radius 1 is 1.05 bits per heavy atom. The van der Waals surface area contributed by atoms with Crippen LogP contribution >= 0.6 is 0 Å². The molecule has 0 aliphatic heterocycles. The molecule has 3 fully saturated rings. The van der Waals surface area contributed by atoms with Crippen LogP contribution in [-0.4, -0.2) is 48.7 Å². The maximum atomic E-state index is 13.4. The standard InChI is InChI=1S/C29H39N3O6/c1-28(10-5-11-28)17-31-25(33)20-6-4-7-22(20)32-26(34)21-15-23(18(16-30)14-24(21)37-3)38-19-8-12-29(2,13-9-19)27(35)36/h14-15,19-20,22H,4-13,17H2,1-3H3,(H,31,33)(H,32,34)(H,35,36). The zero-order valence-electron chi connectivity index (χ0n) is 22.6. The predicted molar refractivity (Wildman–Crippen MR) is 140 cm³/mol. The molecule has 0 saturated heterocycles. The van der Waals surface area contributed by atoms with Gasteiger partial charge >= 0.3 is 5.97 Å². The molecule has 3 aliphatic carbocycles. The Labute approximate surface area is 224 Å². The van der Waals surface area contributed by atoms with Crippen molar-refractivity contribution in [1.82, 2.24) is 10.6 Å². The summed E-state index contributed by atoms with van der Waals surface area (Å²) in [6.07, 6.45) is 7.53. The number of rotatable bonds is 9. The number of ether oxygens (including phenoxy) is 2. The van der Waals surface area contributed by atoms with E-state index in [1.807, 2.05) is 0 Å². The Bertz CT molecular complexity index is 1110. The molecule has 0 heterocycles. The molecule has 3 N–H and O–H groups in total. The molecule has 3 saturated carbocycles. The van der Waals surface area contributed by atoms with Crippen molar-refractivity contribution in [3.8, 4) is 17.6 Å². The van der Waals surface area contributed by atoms with E-state index in [2.05, 4.69) is 23.6 Å². The molecular formula is C29H39N3O6. The Morgan fingerprint density at radius 3 is 2.34 bits per heavy atom. The highest BCUT2D eigenvalue weighted by molar-refractivity contribution is 5.98. The number of carbonyl (C=O) groups excluding carboxylic acids is 2. The third kappa shape index (κ3) is 5.90. The number of nitrogens with zero attached hydrogens (tertiary/aromatic N) is 1. The molecule has 0 spiro atoms. The second-order valence-corrected chi connectivity index (χ2v) is 11.8. The first-order chi connectivity index (χ1) is 18.1. The van der Waals surface area contributed by atoms with Gasteiger partial charge in [0, 0.05) is 18.7 Å². The first-order valence-corrected chi connectivity index (χ1v) is 13.7. The number of nitrogens with one attached hydrogen (secondary N) is 2. The summed E-state index contributed by atoms with van der Waals surface area (Å²) in [6, 6.07) is 4.84. The average molecular weight is 526 g/mol. The minimum absolute atomic E-state index is 0.0117. The Hall–Kier alpha value is -3.28. The highest BCUT2D eigenvalue weighted by atomic mass is 16.5. The molecule has 1 aromatic carbocycles. The van der Waals surface area contributed by atoms with E-state index in [0.717, 1.165) is 25.7 Å². The molecule has 2 unspecified atom stereocenters. The predicted octanol–water partition coefficient (Wildman–Crippen LogP) is 4.18. The van der Waals surface area contributed by atoms with Crippen molar-refractivity contribution in [2.75, 3.05) is 13.7 Å². The first kappa shape index (κ1) is 27.7. The fraction of sp³-hybridized carbons (Fsp3) is 0.655. The van der Waals surface area contributed by atoms with Gasteiger partial charge in [-0.3, -0.25) is 14.4 Å². The van der Waals surface area contributed by atoms with Crippen LogP contribution in [0.5, 0.6) is 11.5 Å². The van der Waals surface area contributed by atoms with Crippen LogP contribution in [0, 0.1) is 28.1 Å². The largest absolute Gasteiger partial charge is 0.496 e. The molecule has 2 atom stereocenters. The number of aliphatic carboxylic acids is 1. The lowest BCUT2D eigenvalue weighted by molar-refractivity contribution is -0.150. The lowest BCUT2D eigenvalue weighted by Crippen LogP contribution is -2.47. The number of carboxylic acid groups (broad SMARTS) is 1. The number of methoxy groups -OCH3 is 1. The number of benzene rings is 1. The minimum atomic E-state index is -0.812. The van der Waals surface area contributed by atoms with Crippen LogP contribution in [0.2, 0.25) is 0 Å². The molecule has 4 rings (SSSR count). The van der Waals surface area contributed by atoms with Crippen LogP contribution < -0.4 is 20.1 Å². The number of carbonyl (C=O) groups is 3. The van der Waals surface area contributed by atoms with E-state index in [1.165, 1.54) is 25.7 Å². The van der Waals surface area contributed by atoms with E-state index in [4.69, 9.17) is 9.47 Å². The smallest absolute Gasteiger partial charge is 0.309 e. The third-order valence-electron chi connectivity index (χ3n) is 8.93. The molecule has 0 radical (unpaired) electrons. The second-order valence-electron chi connectivity index (χ2n) is 11.8. The van der Waals surface area contributed by atoms with Gasteiger partial charge in [-0.25, -0.2) is 0 Å². The summed E-state index contributed by atoms with van der Waals surface area (Å²) < 4.78 is 11.6. The molecular weight excluding hydrogens is 486 g/mol. The lowest BCUT2D eigenvalue weighted by atomic mass is 9.70. The number of nitriles is 1. The summed E-state index contributed by atoms with van der Waals surface area (Å²) in [5, 5.41) is 25.3. The van der Waals surface area contributed by atoms with Crippen molar-refractivity contribution in [3.05, 3.63) is 23.3 Å². The average Bonchev–Trinajstić information content (AvgIpc) is 3.35. The van der Waals surface area contributed by atoms with Gasteiger partial charge in [-0.1, -0.05) is 19.8 Å². The van der Waals surface area contributed by atoms with E-state index in [9.17, 15) is 24.8 Å². The number of hydrogen-bond acceptors (Lipinski definition) is 6. The second kappa shape index (κ2) is 11.2. The molecule has 2 amide bonds. The molecule has 206 valence electrons. The van der Waals surface area contributed by atoms with Gasteiger partial charge in [0.05, 0.1) is 35.7 Å². The summed E-state index contributed by atoms with van der Waals surface area (Å²) in [6.45, 7) is 4.60. The normalized spacial score (nSPS) is 27.9. The lowest BCUT2D eigenvalue weighted by Gasteiger charge is -2.38. The van der Waals surface area contributed by atoms with Gasteiger partial charge in [-0.2, -0.15) is 5.26 Å². The highest BCUT2D eigenvalue weighted by Crippen LogP contribution is 2.40. The van der Waals surface area contributed by atoms with Gasteiger partial charge in [0.15, 0.2) is 0 Å². The Kier molecular flexibility index (Phi) is 8.19. The van der Waals surface area contributed by atoms with Crippen molar-refractivity contribution < 1.29 is 29.0 Å². The van der Waals surface area contributed by atoms with Crippen LogP contribution in [0.4, 0.5) is 0 Å². The Morgan fingerprint density at radius 2 is 1.76 bits per heavy atom. The van der Waals surface area contributed by atoms with Crippen molar-refractivity contribution in [2.45, 2.75) is 90.2 Å². The Balaban J connectivity index is 1.45. The van der Waals surface area contributed by atoms with Crippen molar-refractivity contribution in [1.29, 1.82) is 5.26 Å². The van der Waals surface area contributed by atoms with Crippen LogP contribution in [0.25, 0.3) is 0 Å². The minimum Gasteiger partial charge on any atom is -0.496 e. The van der Waals surface area contributed by atoms with Gasteiger partial charge in [0.1, 0.15) is 17.6 Å². The highest BCUT2D eigenvalue weighted by Gasteiger charge is 2.39. The monoisotopic (exact) mass is 525 g/mol. The summed E-state index contributed by atoms with van der Waals surface area (Å²) >= 11 is 0. The van der Waals surface area contributed by atoms with Crippen LogP contribution in [0.1, 0.15) is 94.0 Å². The molecule has 1 aromatic rings. The summed E-state index contributed by atoms with van der Waals surface area (Å²) in [4.78, 5) is 37.9. The summed E-state index contributed by atoms with van der Waals surface area (Å²) in [5.74, 6) is -0.958. The molecule has 0 bridgehead atoms. The van der Waals surface area contributed by atoms with Crippen LogP contribution in [0.3, 0.4) is 0 Å². The van der Waals surface area contributed by atoms with Crippen LogP contribution in [0.15, 0.2) is 12.1 Å². The number of carboxylic acids is 1. The zero-order chi connectivity index (χ0) is 27.5. The number of hydrogen-bond donors (Lipinski definition) is 3. The van der Waals surface area contributed by atoms with E-state index >= 15 is 0 Å². The third-order valence-corrected chi connectivity index (χ3v) is 8.93. The molecule has 38 heavy (non-hydrogen) atoms. The summed E-state index contributed by atoms with van der Waals surface area (Å²) in [5.41, 5.74) is -0.111. The molecule has 3 aliphatic rings. The van der Waals surface area contributed by atoms with Crippen molar-refractivity contribution in [3.63, 3.8) is 0 Å². The van der Waals surface area contributed by atoms with Crippen LogP contribution in [-0.2, 0) is 9.59 Å². The maximum absolute atomic E-state index is 13.4. The van der Waals surface area contributed by atoms with Crippen molar-refractivity contribution in [2.24, 2.45) is 16.7 Å². The van der Waals surface area contributed by atoms with E-state index in [0.29, 0.717) is 38.6 Å². The SMILES string of the molecule is COc1cc(C#N)c(OC2CCC(C)(C(=O)O)CC2)cc1C(=O)NC1CCCC1C(=O)NCC1(C)CCC1. The van der Waals surface area contributed by atoms with Gasteiger partial charge in [0.2, 0.25) is 5.91 Å².